The zero-order valence-electron chi connectivity index (χ0n) is 23.5. The first-order valence-electron chi connectivity index (χ1n) is 14.5. The maximum atomic E-state index is 2.36. The lowest BCUT2D eigenvalue weighted by Gasteiger charge is -2.30. The lowest BCUT2D eigenvalue weighted by Crippen LogP contribution is -2.11. The molecule has 0 aromatic heterocycles. The van der Waals surface area contributed by atoms with Crippen molar-refractivity contribution in [2.45, 2.75) is 9.79 Å². The third-order valence-corrected chi connectivity index (χ3v) is 9.13. The topological polar surface area (TPSA) is 6.48 Å². The highest BCUT2D eigenvalue weighted by Gasteiger charge is 2.24. The van der Waals surface area contributed by atoms with E-state index in [1.807, 2.05) is 11.8 Å². The molecule has 0 saturated carbocycles. The first-order valence-corrected chi connectivity index (χ1v) is 15.4. The average Bonchev–Trinajstić information content (AvgIpc) is 3.08. The first kappa shape index (κ1) is 25.5. The average molecular weight is 569 g/mol. The Balaban J connectivity index is 1.28. The number of para-hydroxylation sites is 4. The van der Waals surface area contributed by atoms with Gasteiger partial charge in [-0.15, -0.1) is 0 Å². The van der Waals surface area contributed by atoms with E-state index in [-0.39, 0.29) is 0 Å². The molecule has 7 aromatic carbocycles. The van der Waals surface area contributed by atoms with Crippen LogP contribution in [0.2, 0.25) is 0 Å². The smallest absolute Gasteiger partial charge is 0.0540 e. The highest BCUT2D eigenvalue weighted by molar-refractivity contribution is 7.99. The Morgan fingerprint density at radius 3 is 1.42 bits per heavy atom. The molecule has 0 unspecified atom stereocenters. The number of hydrogen-bond donors (Lipinski definition) is 0. The lowest BCUT2D eigenvalue weighted by molar-refractivity contribution is 1.26. The minimum Gasteiger partial charge on any atom is -0.310 e. The number of nitrogens with zero attached hydrogens (tertiary/aromatic N) is 2. The summed E-state index contributed by atoms with van der Waals surface area (Å²) in [4.78, 5) is 7.25. The molecule has 0 bridgehead atoms. The van der Waals surface area contributed by atoms with Crippen LogP contribution < -0.4 is 9.80 Å². The molecule has 8 rings (SSSR count). The van der Waals surface area contributed by atoms with E-state index >= 15 is 0 Å². The zero-order chi connectivity index (χ0) is 28.6. The quantitative estimate of drug-likeness (QED) is 0.197. The van der Waals surface area contributed by atoms with Crippen LogP contribution in [-0.4, -0.2) is 0 Å². The van der Waals surface area contributed by atoms with Crippen LogP contribution in [0.25, 0.3) is 21.9 Å². The Hall–Kier alpha value is -5.25. The SMILES string of the molecule is c1ccc(N(c2ccccc2)c2ccc3c(c2)Sc2cccc4c(N(c5ccccc5)c5ccccc5)ccc-3c24)cc1. The largest absolute Gasteiger partial charge is 0.310 e. The molecule has 0 N–H and O–H groups in total. The first-order chi connectivity index (χ1) is 21.3. The summed E-state index contributed by atoms with van der Waals surface area (Å²) < 4.78 is 0. The van der Waals surface area contributed by atoms with Crippen LogP contribution in [0.3, 0.4) is 0 Å². The van der Waals surface area contributed by atoms with Gasteiger partial charge in [0.1, 0.15) is 0 Å². The second-order valence-corrected chi connectivity index (χ2v) is 11.7. The van der Waals surface area contributed by atoms with Crippen molar-refractivity contribution in [3.63, 3.8) is 0 Å². The predicted octanol–water partition coefficient (Wildman–Crippen LogP) is 11.9. The maximum absolute atomic E-state index is 2.36. The fourth-order valence-corrected chi connectivity index (χ4v) is 7.29. The zero-order valence-corrected chi connectivity index (χ0v) is 24.3. The van der Waals surface area contributed by atoms with Gasteiger partial charge in [0.05, 0.1) is 5.69 Å². The van der Waals surface area contributed by atoms with Crippen LogP contribution in [0.15, 0.2) is 180 Å². The standard InChI is InChI=1S/C40H28N2S/c1-5-14-29(15-6-1)41(30-16-7-2-8-17-30)33-24-25-34-35-26-27-37(36-22-13-23-38(40(35)36)43-39(34)28-33)42(31-18-9-3-10-19-31)32-20-11-4-12-21-32/h1-28H. The summed E-state index contributed by atoms with van der Waals surface area (Å²) in [5, 5.41) is 2.56. The highest BCUT2D eigenvalue weighted by atomic mass is 32.2. The number of hydrogen-bond acceptors (Lipinski definition) is 3. The normalized spacial score (nSPS) is 11.6. The molecule has 3 heteroatoms. The van der Waals surface area contributed by atoms with Gasteiger partial charge in [-0.1, -0.05) is 109 Å². The van der Waals surface area contributed by atoms with Gasteiger partial charge in [-0.2, -0.15) is 0 Å². The van der Waals surface area contributed by atoms with Crippen LogP contribution in [0, 0.1) is 0 Å². The Kier molecular flexibility index (Phi) is 6.43. The van der Waals surface area contributed by atoms with Crippen LogP contribution in [-0.2, 0) is 0 Å². The Labute approximate surface area is 256 Å². The van der Waals surface area contributed by atoms with E-state index in [1.165, 1.54) is 37.4 Å². The molecular weight excluding hydrogens is 541 g/mol. The van der Waals surface area contributed by atoms with E-state index < -0.39 is 0 Å². The molecule has 0 radical (unpaired) electrons. The summed E-state index contributed by atoms with van der Waals surface area (Å²) in [7, 11) is 0. The molecule has 1 aliphatic heterocycles. The summed E-state index contributed by atoms with van der Waals surface area (Å²) in [5.41, 5.74) is 9.45. The van der Waals surface area contributed by atoms with Crippen molar-refractivity contribution in [3.05, 3.63) is 170 Å². The van der Waals surface area contributed by atoms with Gasteiger partial charge in [-0.3, -0.25) is 0 Å². The van der Waals surface area contributed by atoms with Crippen molar-refractivity contribution >= 4 is 56.7 Å². The minimum absolute atomic E-state index is 1.14. The summed E-state index contributed by atoms with van der Waals surface area (Å²) in [6.07, 6.45) is 0. The summed E-state index contributed by atoms with van der Waals surface area (Å²) >= 11 is 1.86. The molecule has 0 saturated heterocycles. The Morgan fingerprint density at radius 1 is 0.349 bits per heavy atom. The van der Waals surface area contributed by atoms with Gasteiger partial charge >= 0.3 is 0 Å². The number of fused-ring (bicyclic) bond motifs is 2. The predicted molar refractivity (Wildman–Crippen MR) is 183 cm³/mol. The molecule has 0 fully saturated rings. The maximum Gasteiger partial charge on any atom is 0.0540 e. The van der Waals surface area contributed by atoms with Gasteiger partial charge < -0.3 is 9.80 Å². The molecule has 0 amide bonds. The third-order valence-electron chi connectivity index (χ3n) is 8.01. The van der Waals surface area contributed by atoms with Gasteiger partial charge in [0.2, 0.25) is 0 Å². The molecule has 2 nitrogen and oxygen atoms in total. The van der Waals surface area contributed by atoms with Crippen molar-refractivity contribution in [2.75, 3.05) is 9.80 Å². The van der Waals surface area contributed by atoms with Gasteiger partial charge in [0.25, 0.3) is 0 Å². The van der Waals surface area contributed by atoms with E-state index in [4.69, 9.17) is 0 Å². The molecule has 0 aliphatic carbocycles. The monoisotopic (exact) mass is 568 g/mol. The van der Waals surface area contributed by atoms with Crippen molar-refractivity contribution in [1.82, 2.24) is 0 Å². The van der Waals surface area contributed by atoms with E-state index in [9.17, 15) is 0 Å². The third kappa shape index (κ3) is 4.55. The van der Waals surface area contributed by atoms with Crippen molar-refractivity contribution in [1.29, 1.82) is 0 Å². The number of benzene rings is 7. The van der Waals surface area contributed by atoms with E-state index in [2.05, 4.69) is 180 Å². The van der Waals surface area contributed by atoms with Gasteiger partial charge in [0.15, 0.2) is 0 Å². The Bertz CT molecular complexity index is 1960. The van der Waals surface area contributed by atoms with Crippen molar-refractivity contribution in [3.8, 4) is 11.1 Å². The Morgan fingerprint density at radius 2 is 0.860 bits per heavy atom. The van der Waals surface area contributed by atoms with Crippen LogP contribution in [0.4, 0.5) is 34.1 Å². The van der Waals surface area contributed by atoms with Crippen molar-refractivity contribution < 1.29 is 0 Å². The fraction of sp³-hybridized carbons (Fsp3) is 0. The summed E-state index contributed by atoms with van der Waals surface area (Å²) in [6, 6.07) is 60.7. The van der Waals surface area contributed by atoms with Gasteiger partial charge in [0, 0.05) is 49.0 Å². The molecule has 204 valence electrons. The number of anilines is 6. The minimum atomic E-state index is 1.14. The second kappa shape index (κ2) is 10.9. The van der Waals surface area contributed by atoms with E-state index in [0.717, 1.165) is 28.4 Å². The number of rotatable bonds is 6. The molecule has 43 heavy (non-hydrogen) atoms. The molecule has 0 spiro atoms. The summed E-state index contributed by atoms with van der Waals surface area (Å²) in [6.45, 7) is 0. The van der Waals surface area contributed by atoms with E-state index in [0.29, 0.717) is 0 Å². The highest BCUT2D eigenvalue weighted by Crippen LogP contribution is 2.52. The fourth-order valence-electron chi connectivity index (χ4n) is 6.12. The molecule has 1 heterocycles. The van der Waals surface area contributed by atoms with Crippen LogP contribution in [0.1, 0.15) is 0 Å². The van der Waals surface area contributed by atoms with Crippen molar-refractivity contribution in [2.24, 2.45) is 0 Å². The van der Waals surface area contributed by atoms with Gasteiger partial charge in [-0.25, -0.2) is 0 Å². The molecule has 1 aliphatic rings. The molecular formula is C40H28N2S. The molecule has 7 aromatic rings. The second-order valence-electron chi connectivity index (χ2n) is 10.6. The van der Waals surface area contributed by atoms with Gasteiger partial charge in [-0.05, 0) is 83.9 Å². The lowest BCUT2D eigenvalue weighted by atomic mass is 9.95. The summed E-state index contributed by atoms with van der Waals surface area (Å²) in [5.74, 6) is 0. The van der Waals surface area contributed by atoms with Crippen LogP contribution in [0.5, 0.6) is 0 Å². The van der Waals surface area contributed by atoms with E-state index in [1.54, 1.807) is 0 Å². The molecule has 0 atom stereocenters. The van der Waals surface area contributed by atoms with Crippen LogP contribution >= 0.6 is 11.8 Å².